The fraction of sp³-hybridized carbons (Fsp3) is 0.864. The van der Waals surface area contributed by atoms with Crippen LogP contribution in [0.4, 0.5) is 0 Å². The third kappa shape index (κ3) is 58.5. The molecule has 0 aromatic rings. The summed E-state index contributed by atoms with van der Waals surface area (Å²) in [4.78, 5) is 38.3. The molecular weight excluding hydrogens is 889 g/mol. The predicted molar refractivity (Wildman–Crippen MR) is 312 cm³/mol. The summed E-state index contributed by atoms with van der Waals surface area (Å²) in [6.45, 7) is 6.66. The minimum atomic E-state index is -0.775. The summed E-state index contributed by atoms with van der Waals surface area (Å²) >= 11 is 0. The first-order valence-electron chi connectivity index (χ1n) is 32.0. The third-order valence-corrected chi connectivity index (χ3v) is 14.4. The lowest BCUT2D eigenvalue weighted by Gasteiger charge is -2.18. The molecule has 0 rings (SSSR count). The normalized spacial score (nSPS) is 12.2. The van der Waals surface area contributed by atoms with Crippen LogP contribution in [0.25, 0.3) is 0 Å². The van der Waals surface area contributed by atoms with E-state index < -0.39 is 6.10 Å². The number of unbranched alkanes of at least 4 members (excludes halogenated alkanes) is 42. The molecule has 0 amide bonds. The topological polar surface area (TPSA) is 78.9 Å². The van der Waals surface area contributed by atoms with Gasteiger partial charge in [0.25, 0.3) is 0 Å². The van der Waals surface area contributed by atoms with Crippen LogP contribution < -0.4 is 0 Å². The molecule has 1 atom stereocenters. The third-order valence-electron chi connectivity index (χ3n) is 14.4. The summed E-state index contributed by atoms with van der Waals surface area (Å²) in [7, 11) is 0. The fourth-order valence-corrected chi connectivity index (χ4v) is 9.53. The highest BCUT2D eigenvalue weighted by Crippen LogP contribution is 2.17. The summed E-state index contributed by atoms with van der Waals surface area (Å²) in [5.41, 5.74) is 0. The van der Waals surface area contributed by atoms with Gasteiger partial charge in [0.15, 0.2) is 6.10 Å². The summed E-state index contributed by atoms with van der Waals surface area (Å²) in [6, 6.07) is 0. The van der Waals surface area contributed by atoms with Gasteiger partial charge in [-0.15, -0.1) is 0 Å². The molecule has 0 fully saturated rings. The largest absolute Gasteiger partial charge is 0.462 e. The monoisotopic (exact) mass is 1010 g/mol. The molecule has 0 aliphatic heterocycles. The molecule has 6 heteroatoms. The molecular formula is C66H122O6. The molecule has 72 heavy (non-hydrogen) atoms. The second kappa shape index (κ2) is 61.2. The number of hydrogen-bond acceptors (Lipinski definition) is 6. The van der Waals surface area contributed by atoms with Crippen molar-refractivity contribution >= 4 is 17.9 Å². The molecule has 0 radical (unpaired) electrons. The van der Waals surface area contributed by atoms with Gasteiger partial charge in [-0.3, -0.25) is 14.4 Å². The summed E-state index contributed by atoms with van der Waals surface area (Å²) in [5.74, 6) is -0.861. The van der Waals surface area contributed by atoms with Crippen molar-refractivity contribution < 1.29 is 28.6 Å². The van der Waals surface area contributed by atoms with Crippen LogP contribution in [0.2, 0.25) is 0 Å². The number of hydrogen-bond donors (Lipinski definition) is 0. The van der Waals surface area contributed by atoms with Gasteiger partial charge in [-0.2, -0.15) is 0 Å². The zero-order valence-corrected chi connectivity index (χ0v) is 48.5. The van der Waals surface area contributed by atoms with E-state index >= 15 is 0 Å². The van der Waals surface area contributed by atoms with Crippen LogP contribution in [-0.2, 0) is 28.6 Å². The molecule has 0 bridgehead atoms. The Balaban J connectivity index is 4.34. The summed E-state index contributed by atoms with van der Waals surface area (Å²) in [5, 5.41) is 0. The Morgan fingerprint density at radius 3 is 0.806 bits per heavy atom. The van der Waals surface area contributed by atoms with Gasteiger partial charge in [-0.1, -0.05) is 288 Å². The second-order valence-electron chi connectivity index (χ2n) is 21.7. The van der Waals surface area contributed by atoms with Crippen LogP contribution in [-0.4, -0.2) is 37.2 Å². The first-order chi connectivity index (χ1) is 35.5. The number of esters is 3. The molecule has 0 aromatic heterocycles. The zero-order chi connectivity index (χ0) is 52.2. The average Bonchev–Trinajstić information content (AvgIpc) is 3.38. The molecule has 6 nitrogen and oxygen atoms in total. The van der Waals surface area contributed by atoms with Crippen molar-refractivity contribution in [1.29, 1.82) is 0 Å². The minimum absolute atomic E-state index is 0.0729. The number of carbonyl (C=O) groups is 3. The molecule has 0 spiro atoms. The molecule has 0 aliphatic rings. The summed E-state index contributed by atoms with van der Waals surface area (Å²) < 4.78 is 16.9. The molecule has 422 valence electrons. The quantitative estimate of drug-likeness (QED) is 0.0261. The molecule has 0 aliphatic carbocycles. The van der Waals surface area contributed by atoms with Gasteiger partial charge in [0.05, 0.1) is 0 Å². The Kier molecular flexibility index (Phi) is 59.2. The Morgan fingerprint density at radius 1 is 0.278 bits per heavy atom. The van der Waals surface area contributed by atoms with Crippen LogP contribution >= 0.6 is 0 Å². The van der Waals surface area contributed by atoms with Crippen LogP contribution in [0, 0.1) is 0 Å². The highest BCUT2D eigenvalue weighted by atomic mass is 16.6. The van der Waals surface area contributed by atoms with E-state index in [1.165, 1.54) is 238 Å². The van der Waals surface area contributed by atoms with Crippen molar-refractivity contribution in [2.75, 3.05) is 13.2 Å². The maximum atomic E-state index is 12.9. The lowest BCUT2D eigenvalue weighted by molar-refractivity contribution is -0.167. The number of ether oxygens (including phenoxy) is 3. The van der Waals surface area contributed by atoms with Crippen LogP contribution in [0.5, 0.6) is 0 Å². The standard InChI is InChI=1S/C66H122O6/c1-4-7-10-13-16-19-22-25-28-31-33-35-38-41-44-47-50-53-56-59-65(68)71-62-63(61-70-64(67)58-55-52-49-46-43-40-37-30-27-24-21-18-15-12-9-6-3)72-66(69)60-57-54-51-48-45-42-39-36-34-32-29-26-23-20-17-14-11-8-5-2/h16,19,25,28,30,37,63H,4-15,17-18,20-24,26-27,29,31-36,38-62H2,1-3H3/b19-16-,28-25-,37-30-/t63-/m1/s1. The van der Waals surface area contributed by atoms with Gasteiger partial charge in [0, 0.05) is 19.3 Å². The van der Waals surface area contributed by atoms with Gasteiger partial charge in [-0.05, 0) is 77.0 Å². The van der Waals surface area contributed by atoms with E-state index in [-0.39, 0.29) is 31.1 Å². The van der Waals surface area contributed by atoms with E-state index in [0.29, 0.717) is 19.3 Å². The maximum absolute atomic E-state index is 12.9. The fourth-order valence-electron chi connectivity index (χ4n) is 9.53. The Hall–Kier alpha value is -2.37. The van der Waals surface area contributed by atoms with Gasteiger partial charge in [0.2, 0.25) is 0 Å². The SMILES string of the molecule is CCCCC/C=C\C/C=C\CCCCCCCCCCCC(=O)OC[C@@H](COC(=O)CCCCCCC/C=C\CCCCCCCCC)OC(=O)CCCCCCCCCCCCCCCCCCCCC. The van der Waals surface area contributed by atoms with E-state index in [1.807, 2.05) is 0 Å². The molecule has 0 saturated heterocycles. The lowest BCUT2D eigenvalue weighted by Crippen LogP contribution is -2.30. The lowest BCUT2D eigenvalue weighted by atomic mass is 10.0. The first-order valence-corrected chi connectivity index (χ1v) is 32.0. The van der Waals surface area contributed by atoms with Crippen molar-refractivity contribution in [3.8, 4) is 0 Å². The number of carbonyl (C=O) groups excluding carboxylic acids is 3. The van der Waals surface area contributed by atoms with E-state index in [4.69, 9.17) is 14.2 Å². The average molecular weight is 1010 g/mol. The van der Waals surface area contributed by atoms with Gasteiger partial charge in [-0.25, -0.2) is 0 Å². The van der Waals surface area contributed by atoms with Gasteiger partial charge in [0.1, 0.15) is 13.2 Å². The Bertz CT molecular complexity index is 1210. The van der Waals surface area contributed by atoms with Crippen molar-refractivity contribution in [3.63, 3.8) is 0 Å². The maximum Gasteiger partial charge on any atom is 0.306 e. The Morgan fingerprint density at radius 2 is 0.500 bits per heavy atom. The highest BCUT2D eigenvalue weighted by molar-refractivity contribution is 5.71. The smallest absolute Gasteiger partial charge is 0.306 e. The van der Waals surface area contributed by atoms with E-state index in [0.717, 1.165) is 70.6 Å². The summed E-state index contributed by atoms with van der Waals surface area (Å²) in [6.07, 6.45) is 74.3. The molecule has 0 unspecified atom stereocenters. The van der Waals surface area contributed by atoms with Gasteiger partial charge >= 0.3 is 17.9 Å². The molecule has 0 aromatic carbocycles. The minimum Gasteiger partial charge on any atom is -0.462 e. The van der Waals surface area contributed by atoms with Crippen LogP contribution in [0.15, 0.2) is 36.5 Å². The second-order valence-corrected chi connectivity index (χ2v) is 21.7. The number of rotatable bonds is 59. The van der Waals surface area contributed by atoms with E-state index in [2.05, 4.69) is 57.2 Å². The van der Waals surface area contributed by atoms with Crippen molar-refractivity contribution in [1.82, 2.24) is 0 Å². The zero-order valence-electron chi connectivity index (χ0n) is 48.5. The highest BCUT2D eigenvalue weighted by Gasteiger charge is 2.19. The Labute approximate surface area is 448 Å². The van der Waals surface area contributed by atoms with Crippen molar-refractivity contribution in [2.45, 2.75) is 354 Å². The molecule has 0 heterocycles. The van der Waals surface area contributed by atoms with E-state index in [1.54, 1.807) is 0 Å². The van der Waals surface area contributed by atoms with Gasteiger partial charge < -0.3 is 14.2 Å². The first kappa shape index (κ1) is 69.6. The van der Waals surface area contributed by atoms with Crippen LogP contribution in [0.3, 0.4) is 0 Å². The molecule has 0 N–H and O–H groups in total. The molecule has 0 saturated carbocycles. The van der Waals surface area contributed by atoms with Crippen molar-refractivity contribution in [2.24, 2.45) is 0 Å². The number of allylic oxidation sites excluding steroid dienone is 6. The van der Waals surface area contributed by atoms with Crippen LogP contribution in [0.1, 0.15) is 348 Å². The predicted octanol–water partition coefficient (Wildman–Crippen LogP) is 21.6. The van der Waals surface area contributed by atoms with Crippen molar-refractivity contribution in [3.05, 3.63) is 36.5 Å². The van der Waals surface area contributed by atoms with E-state index in [9.17, 15) is 14.4 Å².